The highest BCUT2D eigenvalue weighted by molar-refractivity contribution is 4.73. The largest absolute Gasteiger partial charge is 0.392 e. The van der Waals surface area contributed by atoms with E-state index in [1.54, 1.807) is 0 Å². The van der Waals surface area contributed by atoms with Crippen molar-refractivity contribution in [1.29, 1.82) is 0 Å². The molecule has 92 valence electrons. The predicted molar refractivity (Wildman–Crippen MR) is 67.0 cm³/mol. The molecule has 0 rings (SSSR count). The Morgan fingerprint density at radius 1 is 0.933 bits per heavy atom. The van der Waals surface area contributed by atoms with E-state index in [9.17, 15) is 5.11 Å². The first kappa shape index (κ1) is 14.9. The standard InChI is InChI=1S/C13H29NO/c1-10(2)7-13(8-11(3)4)14(6)9-12(5)15/h10-13,15H,7-9H2,1-6H3. The van der Waals surface area contributed by atoms with Gasteiger partial charge in [0.05, 0.1) is 6.10 Å². The van der Waals surface area contributed by atoms with E-state index in [1.807, 2.05) is 6.92 Å². The van der Waals surface area contributed by atoms with Crippen molar-refractivity contribution in [3.8, 4) is 0 Å². The molecule has 2 heteroatoms. The number of aliphatic hydroxyl groups is 1. The summed E-state index contributed by atoms with van der Waals surface area (Å²) < 4.78 is 0. The Balaban J connectivity index is 4.20. The lowest BCUT2D eigenvalue weighted by Crippen LogP contribution is -2.38. The second kappa shape index (κ2) is 7.24. The second-order valence-corrected chi connectivity index (χ2v) is 5.70. The SMILES string of the molecule is CC(C)CC(CC(C)C)N(C)CC(C)O. The van der Waals surface area contributed by atoms with E-state index in [0.717, 1.165) is 18.4 Å². The third kappa shape index (κ3) is 7.80. The minimum atomic E-state index is -0.225. The van der Waals surface area contributed by atoms with Crippen molar-refractivity contribution in [2.75, 3.05) is 13.6 Å². The molecule has 0 aromatic heterocycles. The van der Waals surface area contributed by atoms with Crippen LogP contribution in [0.3, 0.4) is 0 Å². The van der Waals surface area contributed by atoms with Crippen molar-refractivity contribution < 1.29 is 5.11 Å². The third-order valence-electron chi connectivity index (χ3n) is 2.66. The van der Waals surface area contributed by atoms with Crippen LogP contribution >= 0.6 is 0 Å². The summed E-state index contributed by atoms with van der Waals surface area (Å²) in [5, 5.41) is 9.40. The van der Waals surface area contributed by atoms with Gasteiger partial charge in [0.1, 0.15) is 0 Å². The fourth-order valence-electron chi connectivity index (χ4n) is 2.11. The number of rotatable bonds is 7. The van der Waals surface area contributed by atoms with Crippen LogP contribution in [0, 0.1) is 11.8 Å². The maximum Gasteiger partial charge on any atom is 0.0639 e. The van der Waals surface area contributed by atoms with E-state index in [2.05, 4.69) is 39.6 Å². The zero-order valence-electron chi connectivity index (χ0n) is 11.3. The molecule has 0 radical (unpaired) electrons. The van der Waals surface area contributed by atoms with Crippen LogP contribution in [-0.2, 0) is 0 Å². The molecule has 0 aromatic rings. The van der Waals surface area contributed by atoms with E-state index in [0.29, 0.717) is 6.04 Å². The fourth-order valence-corrected chi connectivity index (χ4v) is 2.11. The van der Waals surface area contributed by atoms with Crippen molar-refractivity contribution in [1.82, 2.24) is 4.90 Å². The highest BCUT2D eigenvalue weighted by atomic mass is 16.3. The van der Waals surface area contributed by atoms with E-state index in [-0.39, 0.29) is 6.10 Å². The maximum atomic E-state index is 9.40. The number of aliphatic hydroxyl groups excluding tert-OH is 1. The number of nitrogens with zero attached hydrogens (tertiary/aromatic N) is 1. The van der Waals surface area contributed by atoms with E-state index >= 15 is 0 Å². The van der Waals surface area contributed by atoms with Crippen molar-refractivity contribution in [2.24, 2.45) is 11.8 Å². The van der Waals surface area contributed by atoms with Gasteiger partial charge in [0.25, 0.3) is 0 Å². The first-order valence-electron chi connectivity index (χ1n) is 6.21. The summed E-state index contributed by atoms with van der Waals surface area (Å²) in [5.41, 5.74) is 0. The molecule has 2 nitrogen and oxygen atoms in total. The average Bonchev–Trinajstić information content (AvgIpc) is 1.99. The van der Waals surface area contributed by atoms with Crippen LogP contribution in [0.4, 0.5) is 0 Å². The molecule has 0 spiro atoms. The van der Waals surface area contributed by atoms with E-state index in [4.69, 9.17) is 0 Å². The van der Waals surface area contributed by atoms with Gasteiger partial charge in [0.2, 0.25) is 0 Å². The van der Waals surface area contributed by atoms with E-state index < -0.39 is 0 Å². The summed E-state index contributed by atoms with van der Waals surface area (Å²) in [7, 11) is 2.13. The molecular formula is C13H29NO. The Morgan fingerprint density at radius 3 is 1.60 bits per heavy atom. The molecule has 0 aliphatic heterocycles. The van der Waals surface area contributed by atoms with E-state index in [1.165, 1.54) is 12.8 Å². The smallest absolute Gasteiger partial charge is 0.0639 e. The van der Waals surface area contributed by atoms with Gasteiger partial charge in [0.15, 0.2) is 0 Å². The molecule has 1 unspecified atom stereocenters. The van der Waals surface area contributed by atoms with Crippen LogP contribution < -0.4 is 0 Å². The minimum absolute atomic E-state index is 0.225. The van der Waals surface area contributed by atoms with Gasteiger partial charge in [-0.05, 0) is 38.6 Å². The highest BCUT2D eigenvalue weighted by Gasteiger charge is 2.18. The first-order chi connectivity index (χ1) is 6.82. The normalized spacial score (nSPS) is 14.6. The van der Waals surface area contributed by atoms with Crippen molar-refractivity contribution in [3.63, 3.8) is 0 Å². The molecule has 15 heavy (non-hydrogen) atoms. The summed E-state index contributed by atoms with van der Waals surface area (Å²) in [4.78, 5) is 2.31. The number of likely N-dealkylation sites (N-methyl/N-ethyl adjacent to an activating group) is 1. The van der Waals surface area contributed by atoms with Crippen LogP contribution in [0.5, 0.6) is 0 Å². The molecule has 0 saturated carbocycles. The molecule has 0 amide bonds. The Bertz CT molecular complexity index is 145. The molecule has 0 bridgehead atoms. The minimum Gasteiger partial charge on any atom is -0.392 e. The zero-order chi connectivity index (χ0) is 12.0. The quantitative estimate of drug-likeness (QED) is 0.706. The molecule has 0 aliphatic rings. The summed E-state index contributed by atoms with van der Waals surface area (Å²) in [6, 6.07) is 0.611. The summed E-state index contributed by atoms with van der Waals surface area (Å²) in [6.07, 6.45) is 2.22. The molecule has 0 heterocycles. The summed E-state index contributed by atoms with van der Waals surface area (Å²) in [5.74, 6) is 1.45. The number of hydrogen-bond donors (Lipinski definition) is 1. The zero-order valence-corrected chi connectivity index (χ0v) is 11.3. The van der Waals surface area contributed by atoms with Crippen LogP contribution in [0.25, 0.3) is 0 Å². The Labute approximate surface area is 95.7 Å². The summed E-state index contributed by atoms with van der Waals surface area (Å²) in [6.45, 7) is 11.7. The van der Waals surface area contributed by atoms with Gasteiger partial charge in [-0.25, -0.2) is 0 Å². The van der Waals surface area contributed by atoms with Gasteiger partial charge in [-0.2, -0.15) is 0 Å². The van der Waals surface area contributed by atoms with Crippen molar-refractivity contribution in [2.45, 2.75) is 59.6 Å². The van der Waals surface area contributed by atoms with Crippen LogP contribution in [0.15, 0.2) is 0 Å². The molecule has 0 fully saturated rings. The first-order valence-corrected chi connectivity index (χ1v) is 6.21. The molecule has 1 N–H and O–H groups in total. The van der Waals surface area contributed by atoms with Gasteiger partial charge in [-0.1, -0.05) is 27.7 Å². The monoisotopic (exact) mass is 215 g/mol. The van der Waals surface area contributed by atoms with Crippen molar-refractivity contribution in [3.05, 3.63) is 0 Å². The molecule has 0 aliphatic carbocycles. The van der Waals surface area contributed by atoms with Crippen LogP contribution in [0.2, 0.25) is 0 Å². The van der Waals surface area contributed by atoms with Crippen LogP contribution in [-0.4, -0.2) is 35.7 Å². The summed E-state index contributed by atoms with van der Waals surface area (Å²) >= 11 is 0. The van der Waals surface area contributed by atoms with Gasteiger partial charge in [-0.3, -0.25) is 0 Å². The average molecular weight is 215 g/mol. The Morgan fingerprint density at radius 2 is 1.33 bits per heavy atom. The van der Waals surface area contributed by atoms with Crippen LogP contribution in [0.1, 0.15) is 47.5 Å². The Hall–Kier alpha value is -0.0800. The third-order valence-corrected chi connectivity index (χ3v) is 2.66. The molecule has 1 atom stereocenters. The lowest BCUT2D eigenvalue weighted by atomic mass is 9.94. The maximum absolute atomic E-state index is 9.40. The molecule has 0 saturated heterocycles. The topological polar surface area (TPSA) is 23.5 Å². The van der Waals surface area contributed by atoms with Gasteiger partial charge in [-0.15, -0.1) is 0 Å². The Kier molecular flexibility index (Phi) is 7.20. The van der Waals surface area contributed by atoms with Crippen molar-refractivity contribution >= 4 is 0 Å². The predicted octanol–water partition coefficient (Wildman–Crippen LogP) is 2.76. The number of hydrogen-bond acceptors (Lipinski definition) is 2. The molecule has 0 aromatic carbocycles. The lowest BCUT2D eigenvalue weighted by molar-refractivity contribution is 0.101. The van der Waals surface area contributed by atoms with Gasteiger partial charge >= 0.3 is 0 Å². The lowest BCUT2D eigenvalue weighted by Gasteiger charge is -2.31. The fraction of sp³-hybridized carbons (Fsp3) is 1.00. The highest BCUT2D eigenvalue weighted by Crippen LogP contribution is 2.18. The molecular weight excluding hydrogens is 186 g/mol. The second-order valence-electron chi connectivity index (χ2n) is 5.70. The van der Waals surface area contributed by atoms with Gasteiger partial charge in [0, 0.05) is 12.6 Å². The van der Waals surface area contributed by atoms with Gasteiger partial charge < -0.3 is 10.0 Å².